The van der Waals surface area contributed by atoms with Crippen molar-refractivity contribution in [1.82, 2.24) is 0 Å². The van der Waals surface area contributed by atoms with Gasteiger partial charge in [0.15, 0.2) is 24.7 Å². The Balaban J connectivity index is 1.61. The van der Waals surface area contributed by atoms with Crippen LogP contribution < -0.4 is 20.9 Å². The average molecular weight is 514 g/mol. The molecule has 2 amide bonds. The molecule has 0 radical (unpaired) electrons. The number of ether oxygens (including phenoxy) is 2. The fourth-order valence-electron chi connectivity index (χ4n) is 3.32. The normalized spacial score (nSPS) is 11.3. The summed E-state index contributed by atoms with van der Waals surface area (Å²) in [6.07, 6.45) is 0. The molecule has 0 atom stereocenters. The molecular formula is C26H22N6O6. The van der Waals surface area contributed by atoms with Crippen molar-refractivity contribution < 1.29 is 29.3 Å². The summed E-state index contributed by atoms with van der Waals surface area (Å²) < 4.78 is 10.4. The Morgan fingerprint density at radius 3 is 1.32 bits per heavy atom. The molecule has 0 fully saturated rings. The second kappa shape index (κ2) is 11.5. The molecule has 0 spiro atoms. The van der Waals surface area contributed by atoms with Gasteiger partial charge in [0.1, 0.15) is 22.9 Å². The predicted molar refractivity (Wildman–Crippen MR) is 138 cm³/mol. The first kappa shape index (κ1) is 25.6. The van der Waals surface area contributed by atoms with Crippen LogP contribution in [0.25, 0.3) is 10.8 Å². The average Bonchev–Trinajstić information content (AvgIpc) is 2.92. The van der Waals surface area contributed by atoms with Crippen LogP contribution in [0.1, 0.15) is 0 Å². The Morgan fingerprint density at radius 2 is 0.974 bits per heavy atom. The van der Waals surface area contributed by atoms with Gasteiger partial charge in [-0.1, -0.05) is 24.3 Å². The molecule has 0 bridgehead atoms. The number of phenols is 2. The van der Waals surface area contributed by atoms with Crippen molar-refractivity contribution in [2.24, 2.45) is 31.9 Å². The highest BCUT2D eigenvalue weighted by molar-refractivity contribution is 6.05. The van der Waals surface area contributed by atoms with Gasteiger partial charge in [-0.05, 0) is 48.5 Å². The number of hydrogen-bond acceptors (Lipinski definition) is 10. The molecule has 0 aromatic heterocycles. The molecule has 4 rings (SSSR count). The molecule has 192 valence electrons. The lowest BCUT2D eigenvalue weighted by molar-refractivity contribution is -0.120. The largest absolute Gasteiger partial charge is 0.503 e. The van der Waals surface area contributed by atoms with E-state index < -0.39 is 23.3 Å². The first-order valence-corrected chi connectivity index (χ1v) is 11.1. The number of aromatic hydroxyl groups is 2. The first-order chi connectivity index (χ1) is 18.3. The molecule has 0 saturated heterocycles. The fourth-order valence-corrected chi connectivity index (χ4v) is 3.32. The lowest BCUT2D eigenvalue weighted by atomic mass is 10.1. The number of carbonyl (C=O) groups excluding carboxylic acids is 2. The summed E-state index contributed by atoms with van der Waals surface area (Å²) in [7, 11) is 0. The Bertz CT molecular complexity index is 1420. The Kier molecular flexibility index (Phi) is 7.72. The first-order valence-electron chi connectivity index (χ1n) is 11.1. The third-order valence-electron chi connectivity index (χ3n) is 5.08. The molecule has 12 heteroatoms. The van der Waals surface area contributed by atoms with Crippen molar-refractivity contribution in [2.75, 3.05) is 13.2 Å². The van der Waals surface area contributed by atoms with Crippen LogP contribution in [0.3, 0.4) is 0 Å². The summed E-state index contributed by atoms with van der Waals surface area (Å²) >= 11 is 0. The van der Waals surface area contributed by atoms with Crippen LogP contribution in [0.5, 0.6) is 23.0 Å². The summed E-state index contributed by atoms with van der Waals surface area (Å²) in [4.78, 5) is 21.7. The van der Waals surface area contributed by atoms with Gasteiger partial charge in [0.05, 0.1) is 11.4 Å². The van der Waals surface area contributed by atoms with E-state index >= 15 is 0 Å². The number of rotatable bonds is 10. The maximum atomic E-state index is 10.8. The van der Waals surface area contributed by atoms with Gasteiger partial charge in [0.25, 0.3) is 11.8 Å². The third kappa shape index (κ3) is 6.18. The Morgan fingerprint density at radius 1 is 0.605 bits per heavy atom. The number of phenolic OH excluding ortho intramolecular Hbond substituents is 2. The van der Waals surface area contributed by atoms with Crippen molar-refractivity contribution >= 4 is 45.3 Å². The molecule has 0 heterocycles. The van der Waals surface area contributed by atoms with E-state index in [0.29, 0.717) is 33.6 Å². The number of azo groups is 2. The third-order valence-corrected chi connectivity index (χ3v) is 5.08. The van der Waals surface area contributed by atoms with Crippen molar-refractivity contribution in [3.05, 3.63) is 72.8 Å². The number of hydrogen-bond donors (Lipinski definition) is 4. The lowest BCUT2D eigenvalue weighted by Crippen LogP contribution is -2.19. The number of fused-ring (bicyclic) bond motifs is 1. The van der Waals surface area contributed by atoms with Gasteiger partial charge in [-0.2, -0.15) is 10.2 Å². The summed E-state index contributed by atoms with van der Waals surface area (Å²) in [5.74, 6) is -1.37. The molecule has 4 aromatic rings. The molecule has 12 nitrogen and oxygen atoms in total. The molecule has 0 saturated carbocycles. The maximum absolute atomic E-state index is 10.8. The quantitative estimate of drug-likeness (QED) is 0.173. The minimum Gasteiger partial charge on any atom is -0.503 e. The number of nitrogens with two attached hydrogens (primary N) is 2. The number of amides is 2. The van der Waals surface area contributed by atoms with E-state index in [1.165, 1.54) is 0 Å². The van der Waals surface area contributed by atoms with Gasteiger partial charge in [-0.25, -0.2) is 0 Å². The van der Waals surface area contributed by atoms with Gasteiger partial charge in [-0.3, -0.25) is 9.59 Å². The zero-order valence-corrected chi connectivity index (χ0v) is 19.8. The van der Waals surface area contributed by atoms with Crippen molar-refractivity contribution in [1.29, 1.82) is 0 Å². The maximum Gasteiger partial charge on any atom is 0.255 e. The van der Waals surface area contributed by atoms with E-state index in [9.17, 15) is 19.8 Å². The number of carbonyl (C=O) groups is 2. The molecule has 0 unspecified atom stereocenters. The second-order valence-electron chi connectivity index (χ2n) is 7.84. The van der Waals surface area contributed by atoms with Crippen LogP contribution >= 0.6 is 0 Å². The Labute approximate surface area is 215 Å². The Hall–Kier alpha value is -5.52. The molecule has 0 aliphatic rings. The monoisotopic (exact) mass is 514 g/mol. The number of nitrogens with zero attached hydrogens (tertiary/aromatic N) is 4. The smallest absolute Gasteiger partial charge is 0.255 e. The summed E-state index contributed by atoms with van der Waals surface area (Å²) in [5.41, 5.74) is 11.1. The van der Waals surface area contributed by atoms with Crippen LogP contribution in [-0.4, -0.2) is 35.2 Å². The fraction of sp³-hybridized carbons (Fsp3) is 0.0769. The van der Waals surface area contributed by atoms with Crippen molar-refractivity contribution in [3.8, 4) is 23.0 Å². The van der Waals surface area contributed by atoms with Gasteiger partial charge < -0.3 is 31.2 Å². The summed E-state index contributed by atoms with van der Waals surface area (Å²) in [6, 6.07) is 19.7. The van der Waals surface area contributed by atoms with E-state index in [-0.39, 0.29) is 24.6 Å². The SMILES string of the molecule is NC(=O)COc1ccc(N=Nc2c(O)c(O)c(N=Nc3ccc(OCC(N)=O)cc3)c3ccccc23)cc1. The van der Waals surface area contributed by atoms with Crippen LogP contribution in [0.15, 0.2) is 93.3 Å². The van der Waals surface area contributed by atoms with Crippen LogP contribution in [0.2, 0.25) is 0 Å². The zero-order chi connectivity index (χ0) is 27.1. The van der Waals surface area contributed by atoms with E-state index in [1.54, 1.807) is 72.8 Å². The lowest BCUT2D eigenvalue weighted by Gasteiger charge is -2.10. The summed E-state index contributed by atoms with van der Waals surface area (Å²) in [6.45, 7) is -0.499. The van der Waals surface area contributed by atoms with Crippen molar-refractivity contribution in [2.45, 2.75) is 0 Å². The van der Waals surface area contributed by atoms with Gasteiger partial charge in [-0.15, -0.1) is 10.2 Å². The van der Waals surface area contributed by atoms with E-state index in [4.69, 9.17) is 20.9 Å². The van der Waals surface area contributed by atoms with Crippen molar-refractivity contribution in [3.63, 3.8) is 0 Å². The highest BCUT2D eigenvalue weighted by Gasteiger charge is 2.19. The second-order valence-corrected chi connectivity index (χ2v) is 7.84. The zero-order valence-electron chi connectivity index (χ0n) is 19.8. The van der Waals surface area contributed by atoms with Gasteiger partial charge >= 0.3 is 0 Å². The molecule has 6 N–H and O–H groups in total. The number of primary amides is 2. The predicted octanol–water partition coefficient (Wildman–Crippen LogP) is 4.81. The van der Waals surface area contributed by atoms with E-state index in [0.717, 1.165) is 0 Å². The molecule has 0 aliphatic heterocycles. The van der Waals surface area contributed by atoms with Crippen LogP contribution in [-0.2, 0) is 9.59 Å². The highest BCUT2D eigenvalue weighted by atomic mass is 16.5. The van der Waals surface area contributed by atoms with Gasteiger partial charge in [0.2, 0.25) is 0 Å². The molecule has 38 heavy (non-hydrogen) atoms. The van der Waals surface area contributed by atoms with Crippen LogP contribution in [0.4, 0.5) is 22.7 Å². The highest BCUT2D eigenvalue weighted by Crippen LogP contribution is 2.50. The minimum atomic E-state index is -0.594. The standard InChI is InChI=1S/C26H22N6O6/c27-21(33)13-37-17-9-5-15(6-10-17)29-31-23-19-3-1-2-4-20(19)24(26(36)25(23)35)32-30-16-7-11-18(12-8-16)38-14-22(28)34/h1-12,35-36H,13-14H2,(H2,27,33)(H2,28,34). The minimum absolute atomic E-state index is 0.0436. The van der Waals surface area contributed by atoms with Crippen LogP contribution in [0, 0.1) is 0 Å². The molecular weight excluding hydrogens is 492 g/mol. The topological polar surface area (TPSA) is 195 Å². The number of benzene rings is 4. The molecule has 4 aromatic carbocycles. The van der Waals surface area contributed by atoms with E-state index in [2.05, 4.69) is 20.5 Å². The van der Waals surface area contributed by atoms with Gasteiger partial charge in [0, 0.05) is 10.8 Å². The van der Waals surface area contributed by atoms with E-state index in [1.807, 2.05) is 0 Å². The summed E-state index contributed by atoms with van der Waals surface area (Å²) in [5, 5.41) is 39.0. The molecule has 0 aliphatic carbocycles.